The number of aryl methyl sites for hydroxylation is 1. The second kappa shape index (κ2) is 6.55. The standard InChI is InChI=1S/C15H23NO2/c1-10(2)8-14(15(17)18)16-9-13-7-5-6-11(3)12(13)4/h5-7,10,14,16H,8-9H2,1-4H3,(H,17,18). The maximum Gasteiger partial charge on any atom is 0.320 e. The molecule has 0 aliphatic carbocycles. The minimum Gasteiger partial charge on any atom is -0.480 e. The SMILES string of the molecule is Cc1cccc(CNC(CC(C)C)C(=O)O)c1C. The molecule has 0 saturated carbocycles. The van der Waals surface area contributed by atoms with Crippen LogP contribution in [0, 0.1) is 19.8 Å². The van der Waals surface area contributed by atoms with E-state index in [4.69, 9.17) is 5.11 Å². The van der Waals surface area contributed by atoms with E-state index in [2.05, 4.69) is 25.2 Å². The van der Waals surface area contributed by atoms with Crippen LogP contribution in [0.1, 0.15) is 37.0 Å². The Bertz CT molecular complexity index is 413. The fourth-order valence-corrected chi connectivity index (χ4v) is 1.98. The van der Waals surface area contributed by atoms with E-state index >= 15 is 0 Å². The Morgan fingerprint density at radius 1 is 1.33 bits per heavy atom. The number of hydrogen-bond donors (Lipinski definition) is 2. The lowest BCUT2D eigenvalue weighted by molar-refractivity contribution is -0.140. The van der Waals surface area contributed by atoms with Crippen molar-refractivity contribution in [3.63, 3.8) is 0 Å². The molecule has 0 spiro atoms. The van der Waals surface area contributed by atoms with Gasteiger partial charge in [-0.15, -0.1) is 0 Å². The molecule has 0 radical (unpaired) electrons. The summed E-state index contributed by atoms with van der Waals surface area (Å²) in [5, 5.41) is 12.3. The molecule has 0 bridgehead atoms. The molecule has 3 nitrogen and oxygen atoms in total. The van der Waals surface area contributed by atoms with Crippen LogP contribution in [0.15, 0.2) is 18.2 Å². The lowest BCUT2D eigenvalue weighted by atomic mass is 10.0. The first-order chi connectivity index (χ1) is 8.41. The molecular formula is C15H23NO2. The van der Waals surface area contributed by atoms with Gasteiger partial charge in [0.15, 0.2) is 0 Å². The summed E-state index contributed by atoms with van der Waals surface area (Å²) in [5.41, 5.74) is 3.65. The Labute approximate surface area is 109 Å². The minimum absolute atomic E-state index is 0.372. The summed E-state index contributed by atoms with van der Waals surface area (Å²) in [6.45, 7) is 8.83. The van der Waals surface area contributed by atoms with Gasteiger partial charge in [0.25, 0.3) is 0 Å². The van der Waals surface area contributed by atoms with Crippen molar-refractivity contribution in [2.75, 3.05) is 0 Å². The minimum atomic E-state index is -0.769. The largest absolute Gasteiger partial charge is 0.480 e. The molecule has 1 atom stereocenters. The third kappa shape index (κ3) is 4.15. The van der Waals surface area contributed by atoms with Crippen LogP contribution in [0.3, 0.4) is 0 Å². The van der Waals surface area contributed by atoms with Crippen LogP contribution in [-0.4, -0.2) is 17.1 Å². The molecule has 0 fully saturated rings. The van der Waals surface area contributed by atoms with Gasteiger partial charge in [-0.05, 0) is 42.9 Å². The topological polar surface area (TPSA) is 49.3 Å². The predicted molar refractivity (Wildman–Crippen MR) is 73.6 cm³/mol. The molecule has 0 saturated heterocycles. The lowest BCUT2D eigenvalue weighted by Crippen LogP contribution is -2.37. The molecule has 100 valence electrons. The summed E-state index contributed by atoms with van der Waals surface area (Å²) in [6, 6.07) is 5.66. The Morgan fingerprint density at radius 2 is 2.00 bits per heavy atom. The highest BCUT2D eigenvalue weighted by molar-refractivity contribution is 5.73. The summed E-state index contributed by atoms with van der Waals surface area (Å²) in [7, 11) is 0. The summed E-state index contributed by atoms with van der Waals surface area (Å²) < 4.78 is 0. The molecule has 0 amide bonds. The highest BCUT2D eigenvalue weighted by atomic mass is 16.4. The number of rotatable bonds is 6. The quantitative estimate of drug-likeness (QED) is 0.815. The van der Waals surface area contributed by atoms with Gasteiger partial charge in [0.2, 0.25) is 0 Å². The number of nitrogens with one attached hydrogen (secondary N) is 1. The van der Waals surface area contributed by atoms with Crippen molar-refractivity contribution in [3.05, 3.63) is 34.9 Å². The second-order valence-corrected chi connectivity index (χ2v) is 5.26. The third-order valence-electron chi connectivity index (χ3n) is 3.26. The van der Waals surface area contributed by atoms with Gasteiger partial charge in [-0.25, -0.2) is 0 Å². The van der Waals surface area contributed by atoms with Gasteiger partial charge in [0.1, 0.15) is 6.04 Å². The summed E-state index contributed by atoms with van der Waals surface area (Å²) in [4.78, 5) is 11.1. The van der Waals surface area contributed by atoms with E-state index in [9.17, 15) is 4.79 Å². The van der Waals surface area contributed by atoms with Crippen molar-refractivity contribution in [2.24, 2.45) is 5.92 Å². The second-order valence-electron chi connectivity index (χ2n) is 5.26. The Hall–Kier alpha value is -1.35. The lowest BCUT2D eigenvalue weighted by Gasteiger charge is -2.17. The van der Waals surface area contributed by atoms with Crippen molar-refractivity contribution in [2.45, 2.75) is 46.7 Å². The van der Waals surface area contributed by atoms with Crippen molar-refractivity contribution in [1.29, 1.82) is 0 Å². The van der Waals surface area contributed by atoms with E-state index < -0.39 is 12.0 Å². The van der Waals surface area contributed by atoms with Gasteiger partial charge in [0, 0.05) is 6.54 Å². The summed E-state index contributed by atoms with van der Waals surface area (Å²) in [6.07, 6.45) is 0.653. The van der Waals surface area contributed by atoms with E-state index in [0.29, 0.717) is 18.9 Å². The maximum absolute atomic E-state index is 11.1. The summed E-state index contributed by atoms with van der Waals surface area (Å²) >= 11 is 0. The zero-order chi connectivity index (χ0) is 13.7. The molecule has 0 heterocycles. The van der Waals surface area contributed by atoms with Crippen LogP contribution < -0.4 is 5.32 Å². The molecule has 1 unspecified atom stereocenters. The number of hydrogen-bond acceptors (Lipinski definition) is 2. The fourth-order valence-electron chi connectivity index (χ4n) is 1.98. The summed E-state index contributed by atoms with van der Waals surface area (Å²) in [5.74, 6) is -0.397. The van der Waals surface area contributed by atoms with Gasteiger partial charge < -0.3 is 10.4 Å². The predicted octanol–water partition coefficient (Wildman–Crippen LogP) is 2.89. The normalized spacial score (nSPS) is 12.7. The Morgan fingerprint density at radius 3 is 2.56 bits per heavy atom. The fraction of sp³-hybridized carbons (Fsp3) is 0.533. The van der Waals surface area contributed by atoms with Gasteiger partial charge in [0.05, 0.1) is 0 Å². The van der Waals surface area contributed by atoms with Crippen LogP contribution in [0.4, 0.5) is 0 Å². The first kappa shape index (κ1) is 14.7. The number of carboxylic acids is 1. The van der Waals surface area contributed by atoms with E-state index in [0.717, 1.165) is 0 Å². The zero-order valence-corrected chi connectivity index (χ0v) is 11.7. The van der Waals surface area contributed by atoms with Crippen molar-refractivity contribution < 1.29 is 9.90 Å². The molecule has 2 N–H and O–H groups in total. The average Bonchev–Trinajstić information content (AvgIpc) is 2.28. The third-order valence-corrected chi connectivity index (χ3v) is 3.26. The van der Waals surface area contributed by atoms with Crippen LogP contribution in [0.5, 0.6) is 0 Å². The monoisotopic (exact) mass is 249 g/mol. The van der Waals surface area contributed by atoms with Crippen LogP contribution in [0.2, 0.25) is 0 Å². The molecule has 0 aliphatic heterocycles. The number of aliphatic carboxylic acids is 1. The van der Waals surface area contributed by atoms with Crippen molar-refractivity contribution in [3.8, 4) is 0 Å². The highest BCUT2D eigenvalue weighted by Gasteiger charge is 2.18. The van der Waals surface area contributed by atoms with Crippen LogP contribution >= 0.6 is 0 Å². The van der Waals surface area contributed by atoms with Gasteiger partial charge in [-0.2, -0.15) is 0 Å². The van der Waals surface area contributed by atoms with Crippen LogP contribution in [-0.2, 0) is 11.3 Å². The van der Waals surface area contributed by atoms with Gasteiger partial charge in [-0.3, -0.25) is 4.79 Å². The Balaban J connectivity index is 2.67. The number of carboxylic acid groups (broad SMARTS) is 1. The molecule has 3 heteroatoms. The van der Waals surface area contributed by atoms with Gasteiger partial charge in [-0.1, -0.05) is 32.0 Å². The molecule has 18 heavy (non-hydrogen) atoms. The number of carbonyl (C=O) groups is 1. The first-order valence-corrected chi connectivity index (χ1v) is 6.43. The van der Waals surface area contributed by atoms with E-state index in [1.807, 2.05) is 26.0 Å². The molecular weight excluding hydrogens is 226 g/mol. The highest BCUT2D eigenvalue weighted by Crippen LogP contribution is 2.13. The maximum atomic E-state index is 11.1. The number of benzene rings is 1. The van der Waals surface area contributed by atoms with Crippen molar-refractivity contribution in [1.82, 2.24) is 5.32 Å². The van der Waals surface area contributed by atoms with E-state index in [-0.39, 0.29) is 0 Å². The van der Waals surface area contributed by atoms with Crippen molar-refractivity contribution >= 4 is 5.97 Å². The molecule has 1 rings (SSSR count). The Kier molecular flexibility index (Phi) is 5.35. The molecule has 0 aliphatic rings. The average molecular weight is 249 g/mol. The zero-order valence-electron chi connectivity index (χ0n) is 11.7. The molecule has 1 aromatic carbocycles. The van der Waals surface area contributed by atoms with E-state index in [1.165, 1.54) is 16.7 Å². The first-order valence-electron chi connectivity index (χ1n) is 6.43. The van der Waals surface area contributed by atoms with Gasteiger partial charge >= 0.3 is 5.97 Å². The van der Waals surface area contributed by atoms with Crippen LogP contribution in [0.25, 0.3) is 0 Å². The molecule has 0 aromatic heterocycles. The molecule has 1 aromatic rings. The smallest absolute Gasteiger partial charge is 0.320 e. The van der Waals surface area contributed by atoms with E-state index in [1.54, 1.807) is 0 Å².